The predicted molar refractivity (Wildman–Crippen MR) is 54.0 cm³/mol. The normalized spacial score (nSPS) is 26.1. The fourth-order valence-corrected chi connectivity index (χ4v) is 1.74. The van der Waals surface area contributed by atoms with Crippen molar-refractivity contribution in [1.29, 1.82) is 0 Å². The van der Waals surface area contributed by atoms with Gasteiger partial charge in [0.25, 0.3) is 0 Å². The van der Waals surface area contributed by atoms with Crippen LogP contribution >= 0.6 is 0 Å². The lowest BCUT2D eigenvalue weighted by Crippen LogP contribution is -2.44. The number of methoxy groups -OCH3 is 1. The number of hydrogen-bond acceptors (Lipinski definition) is 3. The molecule has 0 spiro atoms. The minimum Gasteiger partial charge on any atom is -0.381 e. The summed E-state index contributed by atoms with van der Waals surface area (Å²) in [6.45, 7) is 2.84. The average Bonchev–Trinajstić information content (AvgIpc) is 2.49. The summed E-state index contributed by atoms with van der Waals surface area (Å²) in [5.74, 6) is 0.977. The first-order chi connectivity index (χ1) is 6.78. The second-order valence-corrected chi connectivity index (χ2v) is 3.90. The van der Waals surface area contributed by atoms with Crippen LogP contribution in [0.2, 0.25) is 0 Å². The quantitative estimate of drug-likeness (QED) is 0.753. The van der Waals surface area contributed by atoms with E-state index in [1.165, 1.54) is 0 Å². The van der Waals surface area contributed by atoms with E-state index in [0.717, 1.165) is 30.9 Å². The van der Waals surface area contributed by atoms with E-state index in [1.54, 1.807) is 7.11 Å². The third kappa shape index (κ3) is 2.13. The smallest absolute Gasteiger partial charge is 0.103 e. The summed E-state index contributed by atoms with van der Waals surface area (Å²) < 4.78 is 5.21. The number of aromatic amines is 1. The van der Waals surface area contributed by atoms with Crippen molar-refractivity contribution < 1.29 is 4.74 Å². The van der Waals surface area contributed by atoms with E-state index in [-0.39, 0.29) is 0 Å². The van der Waals surface area contributed by atoms with Crippen LogP contribution in [0, 0.1) is 6.92 Å². The second-order valence-electron chi connectivity index (χ2n) is 3.90. The molecule has 1 aromatic heterocycles. The summed E-state index contributed by atoms with van der Waals surface area (Å²) in [6.07, 6.45) is 4.61. The first-order valence-corrected chi connectivity index (χ1v) is 5.04. The van der Waals surface area contributed by atoms with Gasteiger partial charge in [0.1, 0.15) is 5.82 Å². The van der Waals surface area contributed by atoms with Gasteiger partial charge in [0.05, 0.1) is 6.10 Å². The standard InChI is InChI=1S/C10H17N3O/c1-7-11-5-9(13-7)6-12-8-3-10(4-8)14-2/h5,8,10,12H,3-4,6H2,1-2H3,(H,11,13). The highest BCUT2D eigenvalue weighted by Crippen LogP contribution is 2.22. The summed E-state index contributed by atoms with van der Waals surface area (Å²) in [6, 6.07) is 0.614. The van der Waals surface area contributed by atoms with Crippen molar-refractivity contribution >= 4 is 0 Å². The molecule has 1 aliphatic carbocycles. The molecular weight excluding hydrogens is 178 g/mol. The van der Waals surface area contributed by atoms with E-state index in [4.69, 9.17) is 4.74 Å². The van der Waals surface area contributed by atoms with Gasteiger partial charge in [-0.25, -0.2) is 4.98 Å². The number of hydrogen-bond donors (Lipinski definition) is 2. The third-order valence-corrected chi connectivity index (χ3v) is 2.76. The summed E-state index contributed by atoms with van der Waals surface area (Å²) in [5.41, 5.74) is 1.16. The largest absolute Gasteiger partial charge is 0.381 e. The zero-order valence-corrected chi connectivity index (χ0v) is 8.71. The summed E-state index contributed by atoms with van der Waals surface area (Å²) in [4.78, 5) is 7.35. The molecule has 4 nitrogen and oxygen atoms in total. The van der Waals surface area contributed by atoms with Gasteiger partial charge in [-0.15, -0.1) is 0 Å². The molecule has 0 saturated heterocycles. The zero-order valence-electron chi connectivity index (χ0n) is 8.71. The summed E-state index contributed by atoms with van der Waals surface area (Å²) in [7, 11) is 1.78. The van der Waals surface area contributed by atoms with Gasteiger partial charge in [-0.3, -0.25) is 0 Å². The Bertz CT molecular complexity index is 291. The molecule has 0 aliphatic heterocycles. The highest BCUT2D eigenvalue weighted by atomic mass is 16.5. The Balaban J connectivity index is 1.69. The van der Waals surface area contributed by atoms with E-state index in [0.29, 0.717) is 12.1 Å². The molecule has 78 valence electrons. The van der Waals surface area contributed by atoms with Crippen LogP contribution in [0.25, 0.3) is 0 Å². The van der Waals surface area contributed by atoms with Crippen molar-refractivity contribution in [2.75, 3.05) is 7.11 Å². The summed E-state index contributed by atoms with van der Waals surface area (Å²) >= 11 is 0. The van der Waals surface area contributed by atoms with Gasteiger partial charge in [-0.1, -0.05) is 0 Å². The Labute approximate surface area is 84.1 Å². The molecule has 1 fully saturated rings. The number of rotatable bonds is 4. The topological polar surface area (TPSA) is 49.9 Å². The summed E-state index contributed by atoms with van der Waals surface area (Å²) in [5, 5.41) is 3.46. The van der Waals surface area contributed by atoms with Crippen molar-refractivity contribution in [2.24, 2.45) is 0 Å². The molecule has 0 bridgehead atoms. The number of nitrogens with zero attached hydrogens (tertiary/aromatic N) is 1. The maximum absolute atomic E-state index is 5.21. The van der Waals surface area contributed by atoms with Crippen molar-refractivity contribution in [3.05, 3.63) is 17.7 Å². The van der Waals surface area contributed by atoms with E-state index < -0.39 is 0 Å². The van der Waals surface area contributed by atoms with Gasteiger partial charge in [-0.2, -0.15) is 0 Å². The van der Waals surface area contributed by atoms with E-state index in [2.05, 4.69) is 15.3 Å². The highest BCUT2D eigenvalue weighted by molar-refractivity contribution is 5.00. The van der Waals surface area contributed by atoms with Gasteiger partial charge in [0, 0.05) is 31.6 Å². The monoisotopic (exact) mass is 195 g/mol. The van der Waals surface area contributed by atoms with E-state index >= 15 is 0 Å². The molecule has 0 radical (unpaired) electrons. The first kappa shape index (κ1) is 9.68. The molecule has 0 amide bonds. The maximum Gasteiger partial charge on any atom is 0.103 e. The zero-order chi connectivity index (χ0) is 9.97. The molecule has 1 aromatic rings. The number of H-pyrrole nitrogens is 1. The molecule has 0 unspecified atom stereocenters. The molecule has 4 heteroatoms. The number of nitrogens with one attached hydrogen (secondary N) is 2. The van der Waals surface area contributed by atoms with Crippen molar-refractivity contribution in [3.63, 3.8) is 0 Å². The van der Waals surface area contributed by atoms with Crippen LogP contribution in [-0.4, -0.2) is 29.2 Å². The second kappa shape index (κ2) is 4.11. The Hall–Kier alpha value is -0.870. The molecule has 2 N–H and O–H groups in total. The average molecular weight is 195 g/mol. The molecule has 0 aromatic carbocycles. The number of aryl methyl sites for hydroxylation is 1. The first-order valence-electron chi connectivity index (χ1n) is 5.04. The van der Waals surface area contributed by atoms with E-state index in [9.17, 15) is 0 Å². The molecular formula is C10H17N3O. The number of aromatic nitrogens is 2. The van der Waals surface area contributed by atoms with Crippen LogP contribution < -0.4 is 5.32 Å². The Kier molecular flexibility index (Phi) is 2.84. The number of ether oxygens (including phenoxy) is 1. The van der Waals surface area contributed by atoms with Gasteiger partial charge < -0.3 is 15.0 Å². The van der Waals surface area contributed by atoms with Crippen LogP contribution in [0.4, 0.5) is 0 Å². The fraction of sp³-hybridized carbons (Fsp3) is 0.700. The lowest BCUT2D eigenvalue weighted by Gasteiger charge is -2.34. The van der Waals surface area contributed by atoms with Crippen LogP contribution in [0.1, 0.15) is 24.4 Å². The molecule has 1 saturated carbocycles. The van der Waals surface area contributed by atoms with Crippen LogP contribution in [0.15, 0.2) is 6.20 Å². The van der Waals surface area contributed by atoms with Crippen LogP contribution in [-0.2, 0) is 11.3 Å². The molecule has 1 heterocycles. The fourth-order valence-electron chi connectivity index (χ4n) is 1.74. The predicted octanol–water partition coefficient (Wildman–Crippen LogP) is 0.985. The number of imidazole rings is 1. The van der Waals surface area contributed by atoms with Crippen molar-refractivity contribution in [3.8, 4) is 0 Å². The van der Waals surface area contributed by atoms with Crippen molar-refractivity contribution in [1.82, 2.24) is 15.3 Å². The van der Waals surface area contributed by atoms with E-state index in [1.807, 2.05) is 13.1 Å². The third-order valence-electron chi connectivity index (χ3n) is 2.76. The minimum atomic E-state index is 0.469. The lowest BCUT2D eigenvalue weighted by atomic mass is 9.89. The van der Waals surface area contributed by atoms with Crippen LogP contribution in [0.5, 0.6) is 0 Å². The van der Waals surface area contributed by atoms with Gasteiger partial charge in [0.15, 0.2) is 0 Å². The molecule has 2 rings (SSSR count). The lowest BCUT2D eigenvalue weighted by molar-refractivity contribution is 0.0169. The van der Waals surface area contributed by atoms with Crippen molar-refractivity contribution in [2.45, 2.75) is 38.5 Å². The molecule has 1 aliphatic rings. The highest BCUT2D eigenvalue weighted by Gasteiger charge is 2.28. The minimum absolute atomic E-state index is 0.469. The molecule has 14 heavy (non-hydrogen) atoms. The maximum atomic E-state index is 5.21. The Morgan fingerprint density at radius 1 is 1.64 bits per heavy atom. The Morgan fingerprint density at radius 2 is 2.43 bits per heavy atom. The van der Waals surface area contributed by atoms with Gasteiger partial charge in [-0.05, 0) is 19.8 Å². The molecule has 0 atom stereocenters. The van der Waals surface area contributed by atoms with Crippen LogP contribution in [0.3, 0.4) is 0 Å². The SMILES string of the molecule is COC1CC(NCc2cnc(C)[nH]2)C1. The van der Waals surface area contributed by atoms with Gasteiger partial charge >= 0.3 is 0 Å². The Morgan fingerprint density at radius 3 is 3.00 bits per heavy atom. The van der Waals surface area contributed by atoms with Gasteiger partial charge in [0.2, 0.25) is 0 Å².